The van der Waals surface area contributed by atoms with Crippen LogP contribution in [0.4, 0.5) is 5.69 Å². The van der Waals surface area contributed by atoms with E-state index in [2.05, 4.69) is 0 Å². The zero-order valence-corrected chi connectivity index (χ0v) is 17.9. The number of aliphatic imine (C=N–C) groups is 1. The lowest BCUT2D eigenvalue weighted by Gasteiger charge is -2.15. The number of thioether (sulfide) groups is 1. The van der Waals surface area contributed by atoms with E-state index in [1.807, 2.05) is 72.8 Å². The molecule has 1 saturated heterocycles. The largest absolute Gasteiger partial charge is 0.495 e. The standard InChI is InChI=1S/C24H19ClN2O2S/c1-29-21-13-12-18(14-20(21)25)15-22-23(28)27(16-17-8-4-2-5-9-17)24(30-22)26-19-10-6-3-7-11-19/h2-15H,16H2,1H3/b22-15+,26-24?. The number of nitrogens with zero attached hydrogens (tertiary/aromatic N) is 2. The first-order chi connectivity index (χ1) is 14.6. The Kier molecular flexibility index (Phi) is 6.21. The van der Waals surface area contributed by atoms with E-state index in [0.29, 0.717) is 27.4 Å². The number of para-hydroxylation sites is 1. The molecule has 1 amide bonds. The lowest BCUT2D eigenvalue weighted by Crippen LogP contribution is -2.28. The average molecular weight is 435 g/mol. The molecule has 1 heterocycles. The van der Waals surface area contributed by atoms with Crippen molar-refractivity contribution in [3.05, 3.63) is 99.9 Å². The minimum absolute atomic E-state index is 0.0783. The van der Waals surface area contributed by atoms with Gasteiger partial charge in [-0.1, -0.05) is 66.2 Å². The molecule has 6 heteroatoms. The summed E-state index contributed by atoms with van der Waals surface area (Å²) in [5, 5.41) is 1.16. The van der Waals surface area contributed by atoms with Gasteiger partial charge in [-0.2, -0.15) is 0 Å². The van der Waals surface area contributed by atoms with Gasteiger partial charge >= 0.3 is 0 Å². The van der Waals surface area contributed by atoms with Crippen molar-refractivity contribution in [3.8, 4) is 5.75 Å². The Labute approximate surface area is 184 Å². The molecule has 1 aliphatic rings. The van der Waals surface area contributed by atoms with Crippen molar-refractivity contribution in [2.75, 3.05) is 7.11 Å². The lowest BCUT2D eigenvalue weighted by atomic mass is 10.2. The van der Waals surface area contributed by atoms with E-state index >= 15 is 0 Å². The minimum Gasteiger partial charge on any atom is -0.495 e. The molecule has 0 unspecified atom stereocenters. The topological polar surface area (TPSA) is 41.9 Å². The molecule has 0 saturated carbocycles. The molecule has 0 N–H and O–H groups in total. The second-order valence-corrected chi connectivity index (χ2v) is 8.03. The van der Waals surface area contributed by atoms with Gasteiger partial charge in [0.25, 0.3) is 5.91 Å². The summed E-state index contributed by atoms with van der Waals surface area (Å²) in [4.78, 5) is 20.3. The van der Waals surface area contributed by atoms with Gasteiger partial charge in [0.15, 0.2) is 5.17 Å². The molecule has 4 rings (SSSR count). The van der Waals surface area contributed by atoms with Crippen molar-refractivity contribution in [1.29, 1.82) is 0 Å². The average Bonchev–Trinajstić information content (AvgIpc) is 3.04. The van der Waals surface area contributed by atoms with Crippen molar-refractivity contribution in [2.45, 2.75) is 6.54 Å². The van der Waals surface area contributed by atoms with E-state index in [9.17, 15) is 4.79 Å². The Morgan fingerprint density at radius 1 is 1.03 bits per heavy atom. The van der Waals surface area contributed by atoms with Crippen molar-refractivity contribution in [1.82, 2.24) is 4.90 Å². The Hall–Kier alpha value is -3.02. The monoisotopic (exact) mass is 434 g/mol. The van der Waals surface area contributed by atoms with Gasteiger partial charge in [-0.25, -0.2) is 4.99 Å². The van der Waals surface area contributed by atoms with Gasteiger partial charge in [0.2, 0.25) is 0 Å². The molecular weight excluding hydrogens is 416 g/mol. The van der Waals surface area contributed by atoms with Crippen LogP contribution in [0.5, 0.6) is 5.75 Å². The SMILES string of the molecule is COc1ccc(/C=C2/SC(=Nc3ccccc3)N(Cc3ccccc3)C2=O)cc1Cl. The minimum atomic E-state index is -0.0783. The molecule has 1 fully saturated rings. The third-order valence-electron chi connectivity index (χ3n) is 4.53. The highest BCUT2D eigenvalue weighted by atomic mass is 35.5. The highest BCUT2D eigenvalue weighted by Gasteiger charge is 2.33. The first-order valence-electron chi connectivity index (χ1n) is 9.36. The summed E-state index contributed by atoms with van der Waals surface area (Å²) in [6.45, 7) is 0.457. The number of hydrogen-bond donors (Lipinski definition) is 0. The number of carbonyl (C=O) groups is 1. The van der Waals surface area contributed by atoms with E-state index in [1.165, 1.54) is 11.8 Å². The van der Waals surface area contributed by atoms with Crippen LogP contribution >= 0.6 is 23.4 Å². The molecule has 0 aromatic heterocycles. The summed E-state index contributed by atoms with van der Waals surface area (Å²) in [5.41, 5.74) is 2.68. The summed E-state index contributed by atoms with van der Waals surface area (Å²) in [6.07, 6.45) is 1.84. The molecule has 1 aliphatic heterocycles. The third-order valence-corrected chi connectivity index (χ3v) is 5.83. The number of halogens is 1. The van der Waals surface area contributed by atoms with Crippen molar-refractivity contribution in [2.24, 2.45) is 4.99 Å². The molecule has 150 valence electrons. The van der Waals surface area contributed by atoms with Gasteiger partial charge in [-0.3, -0.25) is 9.69 Å². The summed E-state index contributed by atoms with van der Waals surface area (Å²) >= 11 is 7.61. The molecular formula is C24H19ClN2O2S. The molecule has 0 atom stereocenters. The number of amidine groups is 1. The lowest BCUT2D eigenvalue weighted by molar-refractivity contribution is -0.122. The molecule has 0 aliphatic carbocycles. The molecule has 30 heavy (non-hydrogen) atoms. The summed E-state index contributed by atoms with van der Waals surface area (Å²) in [5.74, 6) is 0.520. The smallest absolute Gasteiger partial charge is 0.267 e. The second-order valence-electron chi connectivity index (χ2n) is 6.61. The molecule has 0 radical (unpaired) electrons. The predicted octanol–water partition coefficient (Wildman–Crippen LogP) is 6.15. The maximum atomic E-state index is 13.2. The Bertz CT molecular complexity index is 1110. The summed E-state index contributed by atoms with van der Waals surface area (Å²) in [6, 6.07) is 25.0. The molecule has 0 spiro atoms. The highest BCUT2D eigenvalue weighted by Crippen LogP contribution is 2.36. The molecule has 3 aromatic rings. The number of methoxy groups -OCH3 is 1. The molecule has 3 aromatic carbocycles. The second kappa shape index (κ2) is 9.20. The quantitative estimate of drug-likeness (QED) is 0.452. The first kappa shape index (κ1) is 20.3. The zero-order valence-electron chi connectivity index (χ0n) is 16.3. The molecule has 4 nitrogen and oxygen atoms in total. The zero-order chi connectivity index (χ0) is 20.9. The van der Waals surface area contributed by atoms with Gasteiger partial charge in [-0.05, 0) is 53.2 Å². The van der Waals surface area contributed by atoms with Gasteiger partial charge in [-0.15, -0.1) is 0 Å². The van der Waals surface area contributed by atoms with Gasteiger partial charge < -0.3 is 4.74 Å². The van der Waals surface area contributed by atoms with E-state index in [-0.39, 0.29) is 5.91 Å². The normalized spacial score (nSPS) is 16.5. The third kappa shape index (κ3) is 4.58. The highest BCUT2D eigenvalue weighted by molar-refractivity contribution is 8.18. The maximum absolute atomic E-state index is 13.2. The van der Waals surface area contributed by atoms with Crippen LogP contribution in [-0.2, 0) is 11.3 Å². The van der Waals surface area contributed by atoms with Crippen molar-refractivity contribution >= 4 is 46.2 Å². The van der Waals surface area contributed by atoms with Crippen molar-refractivity contribution in [3.63, 3.8) is 0 Å². The maximum Gasteiger partial charge on any atom is 0.267 e. The van der Waals surface area contributed by atoms with Gasteiger partial charge in [0.1, 0.15) is 5.75 Å². The van der Waals surface area contributed by atoms with E-state index in [1.54, 1.807) is 24.1 Å². The fraction of sp³-hybridized carbons (Fsp3) is 0.0833. The van der Waals surface area contributed by atoms with Crippen LogP contribution in [0.15, 0.2) is 88.8 Å². The Balaban J connectivity index is 1.69. The van der Waals surface area contributed by atoms with E-state index in [0.717, 1.165) is 16.8 Å². The van der Waals surface area contributed by atoms with Gasteiger partial charge in [0.05, 0.1) is 29.3 Å². The number of rotatable bonds is 5. The molecule has 0 bridgehead atoms. The van der Waals surface area contributed by atoms with Crippen LogP contribution < -0.4 is 4.74 Å². The first-order valence-corrected chi connectivity index (χ1v) is 10.6. The Morgan fingerprint density at radius 3 is 2.40 bits per heavy atom. The van der Waals surface area contributed by atoms with Crippen LogP contribution in [0, 0.1) is 0 Å². The van der Waals surface area contributed by atoms with Crippen LogP contribution in [0.2, 0.25) is 5.02 Å². The summed E-state index contributed by atoms with van der Waals surface area (Å²) < 4.78 is 5.21. The Morgan fingerprint density at radius 2 is 1.73 bits per heavy atom. The van der Waals surface area contributed by atoms with E-state index < -0.39 is 0 Å². The van der Waals surface area contributed by atoms with Gasteiger partial charge in [0, 0.05) is 0 Å². The number of amides is 1. The summed E-state index contributed by atoms with van der Waals surface area (Å²) in [7, 11) is 1.57. The van der Waals surface area contributed by atoms with Crippen LogP contribution in [0.25, 0.3) is 6.08 Å². The van der Waals surface area contributed by atoms with Crippen LogP contribution in [0.1, 0.15) is 11.1 Å². The number of benzene rings is 3. The number of carbonyl (C=O) groups excluding carboxylic acids is 1. The predicted molar refractivity (Wildman–Crippen MR) is 124 cm³/mol. The fourth-order valence-corrected chi connectivity index (χ4v) is 4.30. The fourth-order valence-electron chi connectivity index (χ4n) is 3.03. The van der Waals surface area contributed by atoms with E-state index in [4.69, 9.17) is 21.3 Å². The number of hydrogen-bond acceptors (Lipinski definition) is 4. The van der Waals surface area contributed by atoms with Crippen LogP contribution in [0.3, 0.4) is 0 Å². The van der Waals surface area contributed by atoms with Crippen LogP contribution in [-0.4, -0.2) is 23.1 Å². The van der Waals surface area contributed by atoms with Crippen molar-refractivity contribution < 1.29 is 9.53 Å². The number of ether oxygens (including phenoxy) is 1.